The van der Waals surface area contributed by atoms with Crippen LogP contribution >= 0.6 is 0 Å². The van der Waals surface area contributed by atoms with E-state index in [1.807, 2.05) is 6.07 Å². The van der Waals surface area contributed by atoms with E-state index < -0.39 is 0 Å². The van der Waals surface area contributed by atoms with Crippen LogP contribution in [0, 0.1) is 11.3 Å². The van der Waals surface area contributed by atoms with Gasteiger partial charge in [0.05, 0.1) is 24.2 Å². The number of nitriles is 1. The predicted molar refractivity (Wildman–Crippen MR) is 66.7 cm³/mol. The van der Waals surface area contributed by atoms with E-state index in [-0.39, 0.29) is 12.0 Å². The summed E-state index contributed by atoms with van der Waals surface area (Å²) in [7, 11) is 0. The summed E-state index contributed by atoms with van der Waals surface area (Å²) in [6.45, 7) is 1.17. The molecule has 4 heteroatoms. The highest BCUT2D eigenvalue weighted by Crippen LogP contribution is 2.12. The van der Waals surface area contributed by atoms with Crippen molar-refractivity contribution in [3.8, 4) is 6.07 Å². The first-order valence-electron chi connectivity index (χ1n) is 6.14. The molecule has 1 heterocycles. The molecule has 0 unspecified atom stereocenters. The summed E-state index contributed by atoms with van der Waals surface area (Å²) in [4.78, 5) is 13.7. The van der Waals surface area contributed by atoms with E-state index in [4.69, 9.17) is 5.26 Å². The molecule has 1 aromatic rings. The van der Waals surface area contributed by atoms with Crippen LogP contribution in [0.4, 0.5) is 0 Å². The minimum Gasteiger partial charge on any atom is -0.391 e. The van der Waals surface area contributed by atoms with Crippen molar-refractivity contribution in [3.63, 3.8) is 0 Å². The van der Waals surface area contributed by atoms with Gasteiger partial charge in [0.2, 0.25) is 5.91 Å². The van der Waals surface area contributed by atoms with Gasteiger partial charge in [0.25, 0.3) is 0 Å². The Labute approximate surface area is 106 Å². The summed E-state index contributed by atoms with van der Waals surface area (Å²) in [6, 6.07) is 9.08. The Morgan fingerprint density at radius 3 is 2.78 bits per heavy atom. The summed E-state index contributed by atoms with van der Waals surface area (Å²) in [5.74, 6) is 0.0402. The Hall–Kier alpha value is -1.86. The van der Waals surface area contributed by atoms with Crippen molar-refractivity contribution in [1.29, 1.82) is 5.26 Å². The molecule has 1 saturated heterocycles. The molecule has 0 aromatic heterocycles. The van der Waals surface area contributed by atoms with E-state index in [9.17, 15) is 9.90 Å². The van der Waals surface area contributed by atoms with Gasteiger partial charge in [-0.15, -0.1) is 0 Å². The highest BCUT2D eigenvalue weighted by molar-refractivity contribution is 5.79. The van der Waals surface area contributed by atoms with Gasteiger partial charge in [-0.25, -0.2) is 0 Å². The SMILES string of the molecule is N#Cc1ccc(CC(=O)N2CCC[C@H](O)C2)cc1. The maximum absolute atomic E-state index is 12.0. The summed E-state index contributed by atoms with van der Waals surface area (Å²) < 4.78 is 0. The molecular weight excluding hydrogens is 228 g/mol. The van der Waals surface area contributed by atoms with Crippen LogP contribution in [0.5, 0.6) is 0 Å². The smallest absolute Gasteiger partial charge is 0.227 e. The lowest BCUT2D eigenvalue weighted by Crippen LogP contribution is -2.42. The Balaban J connectivity index is 1.96. The molecule has 0 spiro atoms. The van der Waals surface area contributed by atoms with Crippen LogP contribution in [-0.4, -0.2) is 35.1 Å². The molecule has 1 aromatic carbocycles. The third kappa shape index (κ3) is 3.08. The molecule has 1 N–H and O–H groups in total. The second-order valence-corrected chi connectivity index (χ2v) is 4.62. The van der Waals surface area contributed by atoms with Crippen molar-refractivity contribution >= 4 is 5.91 Å². The van der Waals surface area contributed by atoms with Crippen LogP contribution in [-0.2, 0) is 11.2 Å². The van der Waals surface area contributed by atoms with Crippen molar-refractivity contribution in [2.24, 2.45) is 0 Å². The number of rotatable bonds is 2. The Kier molecular flexibility index (Phi) is 3.96. The fourth-order valence-electron chi connectivity index (χ4n) is 2.16. The van der Waals surface area contributed by atoms with E-state index in [1.54, 1.807) is 29.2 Å². The van der Waals surface area contributed by atoms with Gasteiger partial charge in [-0.2, -0.15) is 5.26 Å². The summed E-state index contributed by atoms with van der Waals surface area (Å²) in [5.41, 5.74) is 1.50. The number of likely N-dealkylation sites (tertiary alicyclic amines) is 1. The molecule has 94 valence electrons. The van der Waals surface area contributed by atoms with Gasteiger partial charge < -0.3 is 10.0 Å². The Morgan fingerprint density at radius 1 is 1.44 bits per heavy atom. The number of aliphatic hydroxyl groups excluding tert-OH is 1. The minimum absolute atomic E-state index is 0.0402. The fraction of sp³-hybridized carbons (Fsp3) is 0.429. The molecule has 4 nitrogen and oxygen atoms in total. The summed E-state index contributed by atoms with van der Waals surface area (Å²) in [6.07, 6.45) is 1.59. The van der Waals surface area contributed by atoms with Crippen molar-refractivity contribution < 1.29 is 9.90 Å². The average molecular weight is 244 g/mol. The van der Waals surface area contributed by atoms with Crippen molar-refractivity contribution in [1.82, 2.24) is 4.90 Å². The maximum Gasteiger partial charge on any atom is 0.227 e. The highest BCUT2D eigenvalue weighted by atomic mass is 16.3. The summed E-state index contributed by atoms with van der Waals surface area (Å²) in [5, 5.41) is 18.2. The molecule has 0 saturated carbocycles. The summed E-state index contributed by atoms with van der Waals surface area (Å²) >= 11 is 0. The number of piperidine rings is 1. The number of carbonyl (C=O) groups excluding carboxylic acids is 1. The van der Waals surface area contributed by atoms with Gasteiger partial charge in [0, 0.05) is 13.1 Å². The monoisotopic (exact) mass is 244 g/mol. The molecule has 18 heavy (non-hydrogen) atoms. The van der Waals surface area contributed by atoms with E-state index in [2.05, 4.69) is 0 Å². The van der Waals surface area contributed by atoms with Crippen LogP contribution in [0.3, 0.4) is 0 Å². The maximum atomic E-state index is 12.0. The van der Waals surface area contributed by atoms with Crippen LogP contribution in [0.1, 0.15) is 24.0 Å². The third-order valence-electron chi connectivity index (χ3n) is 3.19. The van der Waals surface area contributed by atoms with E-state index in [0.717, 1.165) is 24.9 Å². The second-order valence-electron chi connectivity index (χ2n) is 4.62. The zero-order valence-corrected chi connectivity index (χ0v) is 10.2. The van der Waals surface area contributed by atoms with Gasteiger partial charge in [-0.3, -0.25) is 4.79 Å². The zero-order valence-electron chi connectivity index (χ0n) is 10.2. The number of benzene rings is 1. The first-order valence-corrected chi connectivity index (χ1v) is 6.14. The number of hydrogen-bond donors (Lipinski definition) is 1. The highest BCUT2D eigenvalue weighted by Gasteiger charge is 2.21. The number of amides is 1. The quantitative estimate of drug-likeness (QED) is 0.846. The number of nitrogens with zero attached hydrogens (tertiary/aromatic N) is 2. The van der Waals surface area contributed by atoms with Crippen molar-refractivity contribution in [3.05, 3.63) is 35.4 Å². The lowest BCUT2D eigenvalue weighted by molar-refractivity contribution is -0.133. The molecule has 0 radical (unpaired) electrons. The number of aliphatic hydroxyl groups is 1. The van der Waals surface area contributed by atoms with Crippen LogP contribution < -0.4 is 0 Å². The van der Waals surface area contributed by atoms with Crippen LogP contribution in [0.25, 0.3) is 0 Å². The molecule has 1 atom stereocenters. The molecule has 1 amide bonds. The number of carbonyl (C=O) groups is 1. The fourth-order valence-corrected chi connectivity index (χ4v) is 2.16. The predicted octanol–water partition coefficient (Wildman–Crippen LogP) is 1.08. The van der Waals surface area contributed by atoms with E-state index in [0.29, 0.717) is 18.5 Å². The normalized spacial score (nSPS) is 19.3. The van der Waals surface area contributed by atoms with Gasteiger partial charge in [0.1, 0.15) is 0 Å². The standard InChI is InChI=1S/C14H16N2O2/c15-9-12-5-3-11(4-6-12)8-14(18)16-7-1-2-13(17)10-16/h3-6,13,17H,1-2,7-8,10H2/t13-/m0/s1. The average Bonchev–Trinajstić information content (AvgIpc) is 2.39. The topological polar surface area (TPSA) is 64.3 Å². The molecule has 0 aliphatic carbocycles. The lowest BCUT2D eigenvalue weighted by atomic mass is 10.1. The van der Waals surface area contributed by atoms with Crippen molar-refractivity contribution in [2.75, 3.05) is 13.1 Å². The van der Waals surface area contributed by atoms with Gasteiger partial charge >= 0.3 is 0 Å². The Bertz CT molecular complexity index is 462. The first kappa shape index (κ1) is 12.6. The second kappa shape index (κ2) is 5.65. The molecule has 2 rings (SSSR count). The zero-order chi connectivity index (χ0) is 13.0. The van der Waals surface area contributed by atoms with Gasteiger partial charge in [-0.05, 0) is 30.5 Å². The third-order valence-corrected chi connectivity index (χ3v) is 3.19. The largest absolute Gasteiger partial charge is 0.391 e. The first-order chi connectivity index (χ1) is 8.69. The van der Waals surface area contributed by atoms with Gasteiger partial charge in [0.15, 0.2) is 0 Å². The lowest BCUT2D eigenvalue weighted by Gasteiger charge is -2.30. The van der Waals surface area contributed by atoms with E-state index in [1.165, 1.54) is 0 Å². The van der Waals surface area contributed by atoms with Crippen molar-refractivity contribution in [2.45, 2.75) is 25.4 Å². The number of hydrogen-bond acceptors (Lipinski definition) is 3. The molecular formula is C14H16N2O2. The Morgan fingerprint density at radius 2 is 2.17 bits per heavy atom. The molecule has 1 aliphatic heterocycles. The van der Waals surface area contributed by atoms with Crippen LogP contribution in [0.15, 0.2) is 24.3 Å². The van der Waals surface area contributed by atoms with Gasteiger partial charge in [-0.1, -0.05) is 12.1 Å². The van der Waals surface area contributed by atoms with Crippen LogP contribution in [0.2, 0.25) is 0 Å². The molecule has 0 bridgehead atoms. The minimum atomic E-state index is -0.385. The van der Waals surface area contributed by atoms with E-state index >= 15 is 0 Å². The molecule has 1 fully saturated rings. The molecule has 1 aliphatic rings. The number of β-amino-alcohol motifs (C(OH)–C–C–N with tert-alkyl or cyclic N) is 1.